The second-order valence-corrected chi connectivity index (χ2v) is 4.91. The number of hydrogen-bond donors (Lipinski definition) is 1. The van der Waals surface area contributed by atoms with Gasteiger partial charge in [-0.05, 0) is 34.8 Å². The number of rotatable bonds is 2. The van der Waals surface area contributed by atoms with Gasteiger partial charge >= 0.3 is 6.09 Å². The van der Waals surface area contributed by atoms with E-state index in [4.69, 9.17) is 9.84 Å². The van der Waals surface area contributed by atoms with Crippen LogP contribution in [0.4, 0.5) is 9.18 Å². The van der Waals surface area contributed by atoms with E-state index in [0.29, 0.717) is 17.6 Å². The maximum absolute atomic E-state index is 12.9. The van der Waals surface area contributed by atoms with Gasteiger partial charge in [-0.1, -0.05) is 0 Å². The van der Waals surface area contributed by atoms with Gasteiger partial charge < -0.3 is 14.7 Å². The number of nitrogens with zero attached hydrogens (tertiary/aromatic N) is 2. The molecule has 1 aliphatic heterocycles. The summed E-state index contributed by atoms with van der Waals surface area (Å²) in [6.45, 7) is 0.827. The van der Waals surface area contributed by atoms with Crippen molar-refractivity contribution in [2.75, 3.05) is 13.1 Å². The Labute approximate surface area is 112 Å². The number of carboxylic acid groups (broad SMARTS) is 1. The molecule has 98 valence electrons. The van der Waals surface area contributed by atoms with Crippen LogP contribution in [0.1, 0.15) is 12.8 Å². The van der Waals surface area contributed by atoms with E-state index in [1.165, 1.54) is 11.0 Å². The Morgan fingerprint density at radius 1 is 1.67 bits per heavy atom. The average Bonchev–Trinajstić information content (AvgIpc) is 2.33. The maximum atomic E-state index is 12.9. The summed E-state index contributed by atoms with van der Waals surface area (Å²) >= 11 is 3.16. The number of likely N-dealkylation sites (tertiary alicyclic amines) is 1. The van der Waals surface area contributed by atoms with Gasteiger partial charge in [-0.3, -0.25) is 0 Å². The largest absolute Gasteiger partial charge is 0.472 e. The van der Waals surface area contributed by atoms with E-state index in [9.17, 15) is 9.18 Å². The van der Waals surface area contributed by atoms with Crippen molar-refractivity contribution in [3.05, 3.63) is 22.6 Å². The number of ether oxygens (including phenoxy) is 1. The van der Waals surface area contributed by atoms with Crippen molar-refractivity contribution in [2.24, 2.45) is 0 Å². The number of aromatic nitrogens is 1. The molecule has 1 amide bonds. The van der Waals surface area contributed by atoms with Crippen molar-refractivity contribution in [1.82, 2.24) is 9.88 Å². The lowest BCUT2D eigenvalue weighted by Gasteiger charge is -2.30. The molecule has 18 heavy (non-hydrogen) atoms. The van der Waals surface area contributed by atoms with Gasteiger partial charge in [0, 0.05) is 6.54 Å². The summed E-state index contributed by atoms with van der Waals surface area (Å²) in [6.07, 6.45) is 1.38. The van der Waals surface area contributed by atoms with Crippen molar-refractivity contribution >= 4 is 22.0 Å². The minimum absolute atomic E-state index is 0.246. The van der Waals surface area contributed by atoms with Crippen LogP contribution in [-0.4, -0.2) is 40.3 Å². The Morgan fingerprint density at radius 3 is 3.11 bits per heavy atom. The fourth-order valence-electron chi connectivity index (χ4n) is 1.85. The lowest BCUT2D eigenvalue weighted by atomic mass is 10.1. The molecule has 5 nitrogen and oxygen atoms in total. The molecule has 2 rings (SSSR count). The standard InChI is InChI=1S/C11H12BrFN2O3/c12-9-4-7(13)5-14-10(9)18-8-2-1-3-15(6-8)11(16)17/h4-5,8H,1-3,6H2,(H,16,17)/t8-/m0/s1. The van der Waals surface area contributed by atoms with E-state index < -0.39 is 11.9 Å². The van der Waals surface area contributed by atoms with Crippen LogP contribution < -0.4 is 4.74 Å². The van der Waals surface area contributed by atoms with Gasteiger partial charge in [-0.2, -0.15) is 0 Å². The first kappa shape index (κ1) is 13.1. The highest BCUT2D eigenvalue weighted by Crippen LogP contribution is 2.25. The van der Waals surface area contributed by atoms with E-state index in [2.05, 4.69) is 20.9 Å². The topological polar surface area (TPSA) is 62.7 Å². The molecular formula is C11H12BrFN2O3. The van der Waals surface area contributed by atoms with E-state index in [-0.39, 0.29) is 12.0 Å². The van der Waals surface area contributed by atoms with Crippen LogP contribution in [-0.2, 0) is 0 Å². The molecule has 1 saturated heterocycles. The second kappa shape index (κ2) is 5.51. The van der Waals surface area contributed by atoms with Gasteiger partial charge in [0.05, 0.1) is 17.2 Å². The normalized spacial score (nSPS) is 19.7. The van der Waals surface area contributed by atoms with Crippen LogP contribution in [0.2, 0.25) is 0 Å². The van der Waals surface area contributed by atoms with Crippen LogP contribution in [0.3, 0.4) is 0 Å². The summed E-state index contributed by atoms with van der Waals surface area (Å²) in [7, 11) is 0. The molecule has 0 spiro atoms. The zero-order valence-corrected chi connectivity index (χ0v) is 11.1. The molecule has 0 saturated carbocycles. The third-order valence-corrected chi connectivity index (χ3v) is 3.27. The zero-order chi connectivity index (χ0) is 13.1. The monoisotopic (exact) mass is 318 g/mol. The summed E-state index contributed by atoms with van der Waals surface area (Å²) in [6, 6.07) is 1.26. The molecule has 1 aromatic heterocycles. The zero-order valence-electron chi connectivity index (χ0n) is 9.47. The van der Waals surface area contributed by atoms with Crippen molar-refractivity contribution < 1.29 is 19.0 Å². The molecule has 1 aliphatic rings. The van der Waals surface area contributed by atoms with Crippen molar-refractivity contribution in [3.63, 3.8) is 0 Å². The third-order valence-electron chi connectivity index (χ3n) is 2.70. The van der Waals surface area contributed by atoms with Gasteiger partial charge in [-0.25, -0.2) is 14.2 Å². The number of hydrogen-bond acceptors (Lipinski definition) is 3. The molecule has 1 aromatic rings. The van der Waals surface area contributed by atoms with Gasteiger partial charge in [0.2, 0.25) is 5.88 Å². The molecule has 1 fully saturated rings. The first-order valence-electron chi connectivity index (χ1n) is 5.52. The number of amides is 1. The fourth-order valence-corrected chi connectivity index (χ4v) is 2.27. The molecule has 1 N–H and O–H groups in total. The molecule has 0 radical (unpaired) electrons. The van der Waals surface area contributed by atoms with E-state index in [0.717, 1.165) is 19.0 Å². The van der Waals surface area contributed by atoms with Gasteiger partial charge in [0.1, 0.15) is 11.9 Å². The molecule has 7 heteroatoms. The predicted octanol–water partition coefficient (Wildman–Crippen LogP) is 2.50. The molecule has 0 aliphatic carbocycles. The first-order valence-corrected chi connectivity index (χ1v) is 6.31. The Bertz CT molecular complexity index is 458. The van der Waals surface area contributed by atoms with Crippen LogP contribution >= 0.6 is 15.9 Å². The number of pyridine rings is 1. The molecular weight excluding hydrogens is 307 g/mol. The predicted molar refractivity (Wildman–Crippen MR) is 65.1 cm³/mol. The maximum Gasteiger partial charge on any atom is 0.407 e. The summed E-state index contributed by atoms with van der Waals surface area (Å²) in [5.74, 6) is -0.168. The Hall–Kier alpha value is -1.37. The van der Waals surface area contributed by atoms with Crippen molar-refractivity contribution in [2.45, 2.75) is 18.9 Å². The number of halogens is 2. The first-order chi connectivity index (χ1) is 8.56. The van der Waals surface area contributed by atoms with E-state index >= 15 is 0 Å². The van der Waals surface area contributed by atoms with E-state index in [1.54, 1.807) is 0 Å². The summed E-state index contributed by atoms with van der Waals surface area (Å²) < 4.78 is 18.9. The fraction of sp³-hybridized carbons (Fsp3) is 0.455. The van der Waals surface area contributed by atoms with Gasteiger partial charge in [0.15, 0.2) is 0 Å². The molecule has 0 unspecified atom stereocenters. The minimum Gasteiger partial charge on any atom is -0.472 e. The van der Waals surface area contributed by atoms with Gasteiger partial charge in [0.25, 0.3) is 0 Å². The number of carbonyl (C=O) groups is 1. The molecule has 0 bridgehead atoms. The number of piperidine rings is 1. The molecule has 0 aromatic carbocycles. The summed E-state index contributed by atoms with van der Waals surface area (Å²) in [5, 5.41) is 8.91. The average molecular weight is 319 g/mol. The van der Waals surface area contributed by atoms with Crippen LogP contribution in [0.25, 0.3) is 0 Å². The van der Waals surface area contributed by atoms with Crippen LogP contribution in [0.5, 0.6) is 5.88 Å². The van der Waals surface area contributed by atoms with Gasteiger partial charge in [-0.15, -0.1) is 0 Å². The lowest BCUT2D eigenvalue weighted by molar-refractivity contribution is 0.0762. The lowest BCUT2D eigenvalue weighted by Crippen LogP contribution is -2.43. The third kappa shape index (κ3) is 3.10. The quantitative estimate of drug-likeness (QED) is 0.910. The molecule has 2 heterocycles. The van der Waals surface area contributed by atoms with Crippen LogP contribution in [0.15, 0.2) is 16.7 Å². The smallest absolute Gasteiger partial charge is 0.407 e. The van der Waals surface area contributed by atoms with Crippen molar-refractivity contribution in [1.29, 1.82) is 0 Å². The van der Waals surface area contributed by atoms with Crippen molar-refractivity contribution in [3.8, 4) is 5.88 Å². The summed E-state index contributed by atoms with van der Waals surface area (Å²) in [5.41, 5.74) is 0. The van der Waals surface area contributed by atoms with E-state index in [1.807, 2.05) is 0 Å². The molecule has 1 atom stereocenters. The Balaban J connectivity index is 2.02. The highest BCUT2D eigenvalue weighted by atomic mass is 79.9. The summed E-state index contributed by atoms with van der Waals surface area (Å²) in [4.78, 5) is 16.0. The highest BCUT2D eigenvalue weighted by Gasteiger charge is 2.25. The van der Waals surface area contributed by atoms with Crippen LogP contribution in [0, 0.1) is 5.82 Å². The Morgan fingerprint density at radius 2 is 2.44 bits per heavy atom. The second-order valence-electron chi connectivity index (χ2n) is 4.05. The highest BCUT2D eigenvalue weighted by molar-refractivity contribution is 9.10. The Kier molecular flexibility index (Phi) is 4.00. The SMILES string of the molecule is O=C(O)N1CCC[C@H](Oc2ncc(F)cc2Br)C1. The minimum atomic E-state index is -0.950.